The van der Waals surface area contributed by atoms with Gasteiger partial charge in [-0.3, -0.25) is 9.59 Å². The van der Waals surface area contributed by atoms with Crippen LogP contribution in [0.5, 0.6) is 0 Å². The minimum Gasteiger partial charge on any atom is -0.342 e. The van der Waals surface area contributed by atoms with Gasteiger partial charge in [0.05, 0.1) is 0 Å². The van der Waals surface area contributed by atoms with Gasteiger partial charge in [-0.25, -0.2) is 0 Å². The van der Waals surface area contributed by atoms with Crippen molar-refractivity contribution in [1.82, 2.24) is 10.2 Å². The number of hydrogen-bond acceptors (Lipinski definition) is 2. The van der Waals surface area contributed by atoms with Gasteiger partial charge in [-0.2, -0.15) is 0 Å². The lowest BCUT2D eigenvalue weighted by molar-refractivity contribution is -0.152. The molecule has 21 heavy (non-hydrogen) atoms. The Bertz CT molecular complexity index is 436. The van der Waals surface area contributed by atoms with E-state index >= 15 is 0 Å². The predicted octanol–water partition coefficient (Wildman–Crippen LogP) is 2.25. The third kappa shape index (κ3) is 2.99. The van der Waals surface area contributed by atoms with Gasteiger partial charge in [0.2, 0.25) is 11.8 Å². The molecule has 1 saturated heterocycles. The van der Waals surface area contributed by atoms with Gasteiger partial charge in [-0.05, 0) is 44.4 Å². The van der Waals surface area contributed by atoms with Crippen molar-refractivity contribution in [1.29, 1.82) is 0 Å². The lowest BCUT2D eigenvalue weighted by Crippen LogP contribution is -2.66. The first kappa shape index (κ1) is 14.6. The number of amides is 2. The van der Waals surface area contributed by atoms with Crippen LogP contribution in [0.25, 0.3) is 0 Å². The maximum atomic E-state index is 12.8. The molecule has 3 aliphatic rings. The van der Waals surface area contributed by atoms with E-state index in [2.05, 4.69) is 5.32 Å². The van der Waals surface area contributed by atoms with Crippen molar-refractivity contribution in [3.05, 3.63) is 12.2 Å². The summed E-state index contributed by atoms with van der Waals surface area (Å²) in [6.45, 7) is 2.54. The van der Waals surface area contributed by atoms with Crippen LogP contribution in [0.1, 0.15) is 51.9 Å². The second kappa shape index (κ2) is 6.20. The van der Waals surface area contributed by atoms with Crippen LogP contribution in [-0.4, -0.2) is 35.3 Å². The zero-order valence-corrected chi connectivity index (χ0v) is 12.9. The fraction of sp³-hybridized carbons (Fsp3) is 0.765. The molecule has 2 atom stereocenters. The van der Waals surface area contributed by atoms with Gasteiger partial charge in [0.15, 0.2) is 0 Å². The first-order chi connectivity index (χ1) is 10.2. The lowest BCUT2D eigenvalue weighted by atomic mass is 9.81. The average Bonchev–Trinajstić information content (AvgIpc) is 3.33. The fourth-order valence-electron chi connectivity index (χ4n) is 3.85. The number of carbonyl (C=O) groups is 2. The standard InChI is InChI=1S/C17H26N2O2/c1-2-3-11-19-15(13-7-5-4-6-8-13)16(20)18-14(17(19)21)12-9-10-12/h2-3,12-15H,4-11H2,1H3,(H,18,20)/b3-2+. The van der Waals surface area contributed by atoms with Crippen molar-refractivity contribution in [2.45, 2.75) is 64.0 Å². The Balaban J connectivity index is 1.80. The van der Waals surface area contributed by atoms with Gasteiger partial charge in [-0.15, -0.1) is 0 Å². The van der Waals surface area contributed by atoms with E-state index in [4.69, 9.17) is 0 Å². The number of carbonyl (C=O) groups excluding carboxylic acids is 2. The zero-order valence-electron chi connectivity index (χ0n) is 12.9. The van der Waals surface area contributed by atoms with Crippen molar-refractivity contribution < 1.29 is 9.59 Å². The van der Waals surface area contributed by atoms with E-state index in [1.165, 1.54) is 19.3 Å². The number of hydrogen-bond donors (Lipinski definition) is 1. The lowest BCUT2D eigenvalue weighted by Gasteiger charge is -2.43. The van der Waals surface area contributed by atoms with E-state index in [0.717, 1.165) is 25.7 Å². The van der Waals surface area contributed by atoms with Gasteiger partial charge in [0.1, 0.15) is 12.1 Å². The van der Waals surface area contributed by atoms with Crippen molar-refractivity contribution in [2.24, 2.45) is 11.8 Å². The van der Waals surface area contributed by atoms with E-state index in [0.29, 0.717) is 18.4 Å². The molecule has 2 amide bonds. The van der Waals surface area contributed by atoms with Gasteiger partial charge < -0.3 is 10.2 Å². The quantitative estimate of drug-likeness (QED) is 0.807. The smallest absolute Gasteiger partial charge is 0.246 e. The highest BCUT2D eigenvalue weighted by Crippen LogP contribution is 2.37. The van der Waals surface area contributed by atoms with E-state index in [-0.39, 0.29) is 23.9 Å². The number of piperazine rings is 1. The summed E-state index contributed by atoms with van der Waals surface area (Å²) in [5, 5.41) is 3.03. The Labute approximate surface area is 127 Å². The molecule has 1 N–H and O–H groups in total. The summed E-state index contributed by atoms with van der Waals surface area (Å²) in [6.07, 6.45) is 11.9. The van der Waals surface area contributed by atoms with Crippen LogP contribution in [0.15, 0.2) is 12.2 Å². The van der Waals surface area contributed by atoms with Gasteiger partial charge in [-0.1, -0.05) is 31.4 Å². The molecule has 0 bridgehead atoms. The molecule has 3 fully saturated rings. The zero-order chi connectivity index (χ0) is 14.8. The Kier molecular flexibility index (Phi) is 4.32. The third-order valence-corrected chi connectivity index (χ3v) is 5.18. The second-order valence-electron chi connectivity index (χ2n) is 6.73. The Morgan fingerprint density at radius 2 is 1.81 bits per heavy atom. The Morgan fingerprint density at radius 1 is 1.10 bits per heavy atom. The molecule has 4 nitrogen and oxygen atoms in total. The maximum Gasteiger partial charge on any atom is 0.246 e. The van der Waals surface area contributed by atoms with Crippen LogP contribution in [0, 0.1) is 11.8 Å². The molecule has 116 valence electrons. The van der Waals surface area contributed by atoms with Crippen molar-refractivity contribution >= 4 is 11.8 Å². The molecular weight excluding hydrogens is 264 g/mol. The monoisotopic (exact) mass is 290 g/mol. The number of nitrogens with zero attached hydrogens (tertiary/aromatic N) is 1. The van der Waals surface area contributed by atoms with E-state index < -0.39 is 0 Å². The van der Waals surface area contributed by atoms with Gasteiger partial charge in [0, 0.05) is 6.54 Å². The molecule has 0 aromatic carbocycles. The van der Waals surface area contributed by atoms with Crippen LogP contribution in [0.2, 0.25) is 0 Å². The van der Waals surface area contributed by atoms with E-state index in [1.807, 2.05) is 24.0 Å². The van der Waals surface area contributed by atoms with E-state index in [9.17, 15) is 9.59 Å². The van der Waals surface area contributed by atoms with Gasteiger partial charge in [0.25, 0.3) is 0 Å². The average molecular weight is 290 g/mol. The third-order valence-electron chi connectivity index (χ3n) is 5.18. The molecule has 0 aromatic heterocycles. The highest BCUT2D eigenvalue weighted by atomic mass is 16.2. The predicted molar refractivity (Wildman–Crippen MR) is 81.5 cm³/mol. The maximum absolute atomic E-state index is 12.8. The molecule has 2 aliphatic carbocycles. The second-order valence-corrected chi connectivity index (χ2v) is 6.73. The summed E-state index contributed by atoms with van der Waals surface area (Å²) in [6, 6.07) is -0.508. The van der Waals surface area contributed by atoms with Crippen molar-refractivity contribution in [3.63, 3.8) is 0 Å². The van der Waals surface area contributed by atoms with Crippen molar-refractivity contribution in [3.8, 4) is 0 Å². The van der Waals surface area contributed by atoms with Crippen LogP contribution >= 0.6 is 0 Å². The van der Waals surface area contributed by atoms with Crippen molar-refractivity contribution in [2.75, 3.05) is 6.54 Å². The number of nitrogens with one attached hydrogen (secondary N) is 1. The number of allylic oxidation sites excluding steroid dienone is 1. The summed E-state index contributed by atoms with van der Waals surface area (Å²) in [5.74, 6) is 0.948. The van der Waals surface area contributed by atoms with Crippen LogP contribution in [-0.2, 0) is 9.59 Å². The molecule has 1 heterocycles. The van der Waals surface area contributed by atoms with E-state index in [1.54, 1.807) is 0 Å². The molecule has 0 radical (unpaired) electrons. The summed E-state index contributed by atoms with van der Waals surface area (Å²) in [7, 11) is 0. The Hall–Kier alpha value is -1.32. The summed E-state index contributed by atoms with van der Waals surface area (Å²) in [5.41, 5.74) is 0. The summed E-state index contributed by atoms with van der Waals surface area (Å²) < 4.78 is 0. The van der Waals surface area contributed by atoms with Crippen LogP contribution < -0.4 is 5.32 Å². The van der Waals surface area contributed by atoms with Gasteiger partial charge >= 0.3 is 0 Å². The SMILES string of the molecule is C/C=C/CN1C(=O)C(C2CC2)NC(=O)C1C1CCCCC1. The fourth-order valence-corrected chi connectivity index (χ4v) is 3.85. The first-order valence-electron chi connectivity index (χ1n) is 8.44. The molecule has 1 aliphatic heterocycles. The number of rotatable bonds is 4. The minimum absolute atomic E-state index is 0.0860. The molecule has 3 rings (SSSR count). The van der Waals surface area contributed by atoms with Crippen LogP contribution in [0.3, 0.4) is 0 Å². The minimum atomic E-state index is -0.261. The molecule has 0 spiro atoms. The molecule has 4 heteroatoms. The normalized spacial score (nSPS) is 31.8. The summed E-state index contributed by atoms with van der Waals surface area (Å²) >= 11 is 0. The highest BCUT2D eigenvalue weighted by molar-refractivity contribution is 5.97. The topological polar surface area (TPSA) is 49.4 Å². The molecule has 2 saturated carbocycles. The first-order valence-corrected chi connectivity index (χ1v) is 8.44. The molecule has 2 unspecified atom stereocenters. The molecular formula is C17H26N2O2. The summed E-state index contributed by atoms with van der Waals surface area (Å²) in [4.78, 5) is 27.3. The largest absolute Gasteiger partial charge is 0.342 e. The Morgan fingerprint density at radius 3 is 2.43 bits per heavy atom. The highest BCUT2D eigenvalue weighted by Gasteiger charge is 2.48. The van der Waals surface area contributed by atoms with Crippen LogP contribution in [0.4, 0.5) is 0 Å². The molecule has 0 aromatic rings.